The largest absolute Gasteiger partial charge is 0.507 e. The van der Waals surface area contributed by atoms with E-state index in [1.807, 2.05) is 53.7 Å². The van der Waals surface area contributed by atoms with Gasteiger partial charge in [-0.25, -0.2) is 5.43 Å². The molecule has 1 heterocycles. The van der Waals surface area contributed by atoms with Crippen LogP contribution in [0.15, 0.2) is 40.4 Å². The number of hydrogen-bond acceptors (Lipinski definition) is 4. The van der Waals surface area contributed by atoms with E-state index in [0.29, 0.717) is 11.3 Å². The number of benzene rings is 1. The molecular weight excluding hydrogens is 354 g/mol. The first-order valence-corrected chi connectivity index (χ1v) is 9.19. The molecule has 1 aromatic carbocycles. The third-order valence-corrected chi connectivity index (χ3v) is 4.48. The molecule has 0 spiro atoms. The smallest absolute Gasteiger partial charge is 0.272 e. The van der Waals surface area contributed by atoms with Crippen molar-refractivity contribution in [2.45, 2.75) is 52.4 Å². The predicted molar refractivity (Wildman–Crippen MR) is 112 cm³/mol. The minimum Gasteiger partial charge on any atom is -0.507 e. The van der Waals surface area contributed by atoms with Crippen LogP contribution in [0.2, 0.25) is 0 Å². The fourth-order valence-corrected chi connectivity index (χ4v) is 2.83. The van der Waals surface area contributed by atoms with Gasteiger partial charge in [0.15, 0.2) is 0 Å². The second-order valence-corrected chi connectivity index (χ2v) is 9.03. The van der Waals surface area contributed by atoms with E-state index in [1.54, 1.807) is 13.3 Å². The van der Waals surface area contributed by atoms with Crippen LogP contribution < -0.4 is 11.0 Å². The lowest BCUT2D eigenvalue weighted by Gasteiger charge is -2.27. The SMILES string of the molecule is Cn1cc(C(=O)N/N=C/c2cc(C(C)(C)C)c(O)c(C(C)(C)C)c2)ccc1=O. The Hall–Kier alpha value is -2.89. The number of aromatic hydroxyl groups is 1. The topological polar surface area (TPSA) is 83.7 Å². The van der Waals surface area contributed by atoms with Crippen LogP contribution in [-0.4, -0.2) is 21.8 Å². The van der Waals surface area contributed by atoms with Crippen molar-refractivity contribution in [3.8, 4) is 5.75 Å². The second kappa shape index (κ2) is 7.62. The highest BCUT2D eigenvalue weighted by atomic mass is 16.3. The summed E-state index contributed by atoms with van der Waals surface area (Å²) < 4.78 is 1.34. The van der Waals surface area contributed by atoms with Crippen molar-refractivity contribution in [2.75, 3.05) is 0 Å². The van der Waals surface area contributed by atoms with Gasteiger partial charge in [-0.1, -0.05) is 41.5 Å². The number of rotatable bonds is 3. The van der Waals surface area contributed by atoms with Gasteiger partial charge in [-0.05, 0) is 34.6 Å². The van der Waals surface area contributed by atoms with E-state index in [9.17, 15) is 14.7 Å². The Morgan fingerprint density at radius 2 is 1.61 bits per heavy atom. The number of phenols is 1. The number of phenolic OH excluding ortho intramolecular Hbond substituents is 1. The molecule has 6 nitrogen and oxygen atoms in total. The number of carbonyl (C=O) groups is 1. The van der Waals surface area contributed by atoms with Gasteiger partial charge in [-0.2, -0.15) is 5.10 Å². The highest BCUT2D eigenvalue weighted by molar-refractivity contribution is 5.94. The van der Waals surface area contributed by atoms with Gasteiger partial charge in [0.05, 0.1) is 11.8 Å². The Labute approximate surface area is 165 Å². The van der Waals surface area contributed by atoms with Gasteiger partial charge < -0.3 is 9.67 Å². The van der Waals surface area contributed by atoms with Gasteiger partial charge in [0.2, 0.25) is 5.56 Å². The Balaban J connectivity index is 2.33. The van der Waals surface area contributed by atoms with Crippen LogP contribution in [0.25, 0.3) is 0 Å². The zero-order chi connectivity index (χ0) is 21.3. The van der Waals surface area contributed by atoms with Crippen LogP contribution in [0.3, 0.4) is 0 Å². The van der Waals surface area contributed by atoms with Crippen molar-refractivity contribution in [2.24, 2.45) is 12.1 Å². The molecule has 2 rings (SSSR count). The molecule has 6 heteroatoms. The quantitative estimate of drug-likeness (QED) is 0.629. The van der Waals surface area contributed by atoms with Crippen LogP contribution in [0.1, 0.15) is 68.6 Å². The number of amides is 1. The molecule has 0 saturated heterocycles. The van der Waals surface area contributed by atoms with Crippen molar-refractivity contribution in [1.82, 2.24) is 9.99 Å². The number of aryl methyl sites for hydroxylation is 1. The molecule has 150 valence electrons. The van der Waals surface area contributed by atoms with E-state index in [2.05, 4.69) is 10.5 Å². The van der Waals surface area contributed by atoms with Crippen molar-refractivity contribution < 1.29 is 9.90 Å². The van der Waals surface area contributed by atoms with Crippen LogP contribution in [0.5, 0.6) is 5.75 Å². The lowest BCUT2D eigenvalue weighted by molar-refractivity contribution is 0.0954. The predicted octanol–water partition coefficient (Wildman–Crippen LogP) is 3.45. The normalized spacial score (nSPS) is 12.4. The van der Waals surface area contributed by atoms with Crippen LogP contribution >= 0.6 is 0 Å². The fourth-order valence-electron chi connectivity index (χ4n) is 2.83. The second-order valence-electron chi connectivity index (χ2n) is 9.03. The Bertz CT molecular complexity index is 939. The molecule has 28 heavy (non-hydrogen) atoms. The van der Waals surface area contributed by atoms with E-state index in [4.69, 9.17) is 0 Å². The number of hydrogen-bond donors (Lipinski definition) is 2. The molecule has 0 aliphatic carbocycles. The number of carbonyl (C=O) groups excluding carboxylic acids is 1. The van der Waals surface area contributed by atoms with Crippen LogP contribution in [-0.2, 0) is 17.9 Å². The summed E-state index contributed by atoms with van der Waals surface area (Å²) in [5.41, 5.74) is 4.58. The van der Waals surface area contributed by atoms with E-state index >= 15 is 0 Å². The lowest BCUT2D eigenvalue weighted by atomic mass is 9.78. The highest BCUT2D eigenvalue weighted by Crippen LogP contribution is 2.39. The third kappa shape index (κ3) is 4.88. The summed E-state index contributed by atoms with van der Waals surface area (Å²) in [6.07, 6.45) is 3.02. The third-order valence-electron chi connectivity index (χ3n) is 4.48. The van der Waals surface area contributed by atoms with Gasteiger partial charge in [-0.15, -0.1) is 0 Å². The molecule has 0 radical (unpaired) electrons. The van der Waals surface area contributed by atoms with E-state index in [-0.39, 0.29) is 16.4 Å². The lowest BCUT2D eigenvalue weighted by Crippen LogP contribution is -2.22. The Kier molecular flexibility index (Phi) is 5.83. The number of hydrazone groups is 1. The van der Waals surface area contributed by atoms with Crippen molar-refractivity contribution in [3.05, 3.63) is 63.1 Å². The molecular formula is C22H29N3O3. The molecule has 0 aliphatic rings. The van der Waals surface area contributed by atoms with E-state index in [0.717, 1.165) is 16.7 Å². The summed E-state index contributed by atoms with van der Waals surface area (Å²) >= 11 is 0. The van der Waals surface area contributed by atoms with Crippen LogP contribution in [0.4, 0.5) is 0 Å². The summed E-state index contributed by atoms with van der Waals surface area (Å²) in [4.78, 5) is 23.7. The molecule has 1 aromatic heterocycles. The summed E-state index contributed by atoms with van der Waals surface area (Å²) in [6, 6.07) is 6.56. The zero-order valence-corrected chi connectivity index (χ0v) is 17.6. The maximum atomic E-state index is 12.2. The molecule has 2 N–H and O–H groups in total. The summed E-state index contributed by atoms with van der Waals surface area (Å²) in [5, 5.41) is 14.8. The van der Waals surface area contributed by atoms with Gasteiger partial charge in [0.1, 0.15) is 5.75 Å². The molecule has 2 aromatic rings. The summed E-state index contributed by atoms with van der Waals surface area (Å²) in [6.45, 7) is 12.2. The molecule has 0 fully saturated rings. The number of nitrogens with zero attached hydrogens (tertiary/aromatic N) is 2. The highest BCUT2D eigenvalue weighted by Gasteiger charge is 2.26. The molecule has 0 atom stereocenters. The first-order chi connectivity index (χ1) is 12.8. The minimum absolute atomic E-state index is 0.187. The summed E-state index contributed by atoms with van der Waals surface area (Å²) in [5.74, 6) is -0.107. The zero-order valence-electron chi connectivity index (χ0n) is 17.6. The van der Waals surface area contributed by atoms with Gasteiger partial charge in [0, 0.05) is 30.4 Å². The average molecular weight is 383 g/mol. The molecule has 0 aliphatic heterocycles. The van der Waals surface area contributed by atoms with Gasteiger partial charge in [-0.3, -0.25) is 9.59 Å². The monoisotopic (exact) mass is 383 g/mol. The fraction of sp³-hybridized carbons (Fsp3) is 0.409. The first kappa shape index (κ1) is 21.4. The standard InChI is InChI=1S/C22H29N3O3/c1-21(2,3)16-10-14(11-17(19(16)27)22(4,5)6)12-23-24-20(28)15-8-9-18(26)25(7)13-15/h8-13,27H,1-7H3,(H,24,28)/b23-12+. The van der Waals surface area contributed by atoms with Gasteiger partial charge in [0.25, 0.3) is 5.91 Å². The maximum absolute atomic E-state index is 12.2. The van der Waals surface area contributed by atoms with E-state index in [1.165, 1.54) is 22.9 Å². The number of pyridine rings is 1. The summed E-state index contributed by atoms with van der Waals surface area (Å²) in [7, 11) is 1.58. The Morgan fingerprint density at radius 3 is 2.07 bits per heavy atom. The van der Waals surface area contributed by atoms with Crippen molar-refractivity contribution >= 4 is 12.1 Å². The van der Waals surface area contributed by atoms with Crippen molar-refractivity contribution in [1.29, 1.82) is 0 Å². The average Bonchev–Trinajstić information content (AvgIpc) is 2.56. The van der Waals surface area contributed by atoms with Gasteiger partial charge >= 0.3 is 0 Å². The Morgan fingerprint density at radius 1 is 1.07 bits per heavy atom. The maximum Gasteiger partial charge on any atom is 0.272 e. The van der Waals surface area contributed by atoms with Crippen molar-refractivity contribution in [3.63, 3.8) is 0 Å². The number of aromatic nitrogens is 1. The molecule has 0 unspecified atom stereocenters. The molecule has 0 bridgehead atoms. The van der Waals surface area contributed by atoms with Crippen LogP contribution in [0, 0.1) is 0 Å². The minimum atomic E-state index is -0.405. The molecule has 1 amide bonds. The number of nitrogens with one attached hydrogen (secondary N) is 1. The van der Waals surface area contributed by atoms with E-state index < -0.39 is 5.91 Å². The molecule has 0 saturated carbocycles. The first-order valence-electron chi connectivity index (χ1n) is 9.19.